The molecule has 78 valence electrons. The zero-order valence-electron chi connectivity index (χ0n) is 8.14. The average molecular weight is 201 g/mol. The Labute approximate surface area is 81.6 Å². The molecule has 0 aliphatic heterocycles. The van der Waals surface area contributed by atoms with Crippen molar-refractivity contribution in [2.45, 2.75) is 20.0 Å². The molecule has 1 atom stereocenters. The predicted octanol–water partition coefficient (Wildman–Crippen LogP) is 2.07. The molecule has 0 aliphatic rings. The normalized spacial score (nSPS) is 12.6. The summed E-state index contributed by atoms with van der Waals surface area (Å²) in [5.41, 5.74) is 0.199. The first-order valence-corrected chi connectivity index (χ1v) is 4.39. The lowest BCUT2D eigenvalue weighted by Crippen LogP contribution is -2.17. The van der Waals surface area contributed by atoms with E-state index in [0.29, 0.717) is 5.56 Å². The molecular weight excluding hydrogens is 188 g/mol. The summed E-state index contributed by atoms with van der Waals surface area (Å²) in [6.45, 7) is 3.22. The van der Waals surface area contributed by atoms with Gasteiger partial charge in [0.2, 0.25) is 0 Å². The van der Waals surface area contributed by atoms with E-state index >= 15 is 0 Å². The van der Waals surface area contributed by atoms with Crippen LogP contribution in [0.15, 0.2) is 12.1 Å². The van der Waals surface area contributed by atoms with Crippen molar-refractivity contribution in [3.8, 4) is 0 Å². The smallest absolute Gasteiger partial charge is 0.152 e. The Hall–Kier alpha value is -1.16. The van der Waals surface area contributed by atoms with Crippen molar-refractivity contribution < 1.29 is 13.9 Å². The second-order valence-corrected chi connectivity index (χ2v) is 3.28. The highest BCUT2D eigenvalue weighted by atomic mass is 19.1. The van der Waals surface area contributed by atoms with Crippen LogP contribution in [0, 0.1) is 18.6 Å². The highest BCUT2D eigenvalue weighted by molar-refractivity contribution is 5.48. The quantitative estimate of drug-likeness (QED) is 0.784. The fraction of sp³-hybridized carbons (Fsp3) is 0.400. The molecule has 0 bridgehead atoms. The van der Waals surface area contributed by atoms with E-state index in [-0.39, 0.29) is 12.2 Å². The van der Waals surface area contributed by atoms with E-state index in [1.54, 1.807) is 13.8 Å². The number of aryl methyl sites for hydroxylation is 1. The van der Waals surface area contributed by atoms with Gasteiger partial charge in [-0.05, 0) is 25.5 Å². The van der Waals surface area contributed by atoms with Crippen molar-refractivity contribution in [3.05, 3.63) is 29.3 Å². The number of hydrogen-bond donors (Lipinski definition) is 2. The summed E-state index contributed by atoms with van der Waals surface area (Å²) < 4.78 is 26.4. The minimum Gasteiger partial charge on any atom is -0.392 e. The number of rotatable bonds is 3. The highest BCUT2D eigenvalue weighted by Crippen LogP contribution is 2.21. The number of halogens is 2. The van der Waals surface area contributed by atoms with Gasteiger partial charge < -0.3 is 10.4 Å². The summed E-state index contributed by atoms with van der Waals surface area (Å²) in [4.78, 5) is 0. The Morgan fingerprint density at radius 1 is 1.43 bits per heavy atom. The Balaban J connectivity index is 2.89. The van der Waals surface area contributed by atoms with E-state index in [0.717, 1.165) is 0 Å². The summed E-state index contributed by atoms with van der Waals surface area (Å²) in [6, 6.07) is 2.57. The highest BCUT2D eigenvalue weighted by Gasteiger charge is 2.11. The maximum absolute atomic E-state index is 13.3. The molecule has 4 heteroatoms. The van der Waals surface area contributed by atoms with Crippen LogP contribution in [-0.4, -0.2) is 17.8 Å². The molecule has 0 amide bonds. The summed E-state index contributed by atoms with van der Waals surface area (Å²) in [7, 11) is 0. The Morgan fingerprint density at radius 3 is 2.64 bits per heavy atom. The molecule has 0 radical (unpaired) electrons. The van der Waals surface area contributed by atoms with Crippen LogP contribution in [0.4, 0.5) is 14.5 Å². The van der Waals surface area contributed by atoms with Crippen LogP contribution in [0.1, 0.15) is 12.5 Å². The molecule has 0 spiro atoms. The number of nitrogens with one attached hydrogen (secondary N) is 1. The van der Waals surface area contributed by atoms with Crippen LogP contribution in [0.3, 0.4) is 0 Å². The van der Waals surface area contributed by atoms with E-state index in [2.05, 4.69) is 5.32 Å². The monoisotopic (exact) mass is 201 g/mol. The van der Waals surface area contributed by atoms with Crippen LogP contribution in [0.5, 0.6) is 0 Å². The molecule has 1 rings (SSSR count). The van der Waals surface area contributed by atoms with Crippen molar-refractivity contribution >= 4 is 5.69 Å². The number of hydrogen-bond acceptors (Lipinski definition) is 2. The predicted molar refractivity (Wildman–Crippen MR) is 51.3 cm³/mol. The lowest BCUT2D eigenvalue weighted by Gasteiger charge is -2.11. The van der Waals surface area contributed by atoms with Gasteiger partial charge in [0.05, 0.1) is 6.10 Å². The summed E-state index contributed by atoms with van der Waals surface area (Å²) >= 11 is 0. The third-order valence-corrected chi connectivity index (χ3v) is 1.86. The standard InChI is InChI=1S/C10H13F2NO/c1-6-3-4-8(11)10(9(6)12)13-5-7(2)14/h3-4,7,13-14H,5H2,1-2H3. The van der Waals surface area contributed by atoms with Gasteiger partial charge in [-0.3, -0.25) is 0 Å². The van der Waals surface area contributed by atoms with Crippen LogP contribution < -0.4 is 5.32 Å². The van der Waals surface area contributed by atoms with Crippen molar-refractivity contribution in [1.82, 2.24) is 0 Å². The van der Waals surface area contributed by atoms with Gasteiger partial charge in [0.1, 0.15) is 11.5 Å². The molecular formula is C10H13F2NO. The van der Waals surface area contributed by atoms with E-state index < -0.39 is 17.7 Å². The maximum atomic E-state index is 13.3. The molecule has 0 fully saturated rings. The van der Waals surface area contributed by atoms with Crippen LogP contribution in [-0.2, 0) is 0 Å². The van der Waals surface area contributed by atoms with Crippen LogP contribution >= 0.6 is 0 Å². The zero-order valence-corrected chi connectivity index (χ0v) is 8.14. The minimum atomic E-state index is -0.645. The fourth-order valence-electron chi connectivity index (χ4n) is 1.07. The molecule has 0 saturated carbocycles. The topological polar surface area (TPSA) is 32.3 Å². The average Bonchev–Trinajstić information content (AvgIpc) is 2.11. The molecule has 0 heterocycles. The van der Waals surface area contributed by atoms with Gasteiger partial charge in [-0.15, -0.1) is 0 Å². The van der Waals surface area contributed by atoms with Crippen molar-refractivity contribution in [2.24, 2.45) is 0 Å². The number of anilines is 1. The SMILES string of the molecule is Cc1ccc(F)c(NCC(C)O)c1F. The molecule has 1 aromatic carbocycles. The van der Waals surface area contributed by atoms with Crippen molar-refractivity contribution in [3.63, 3.8) is 0 Å². The molecule has 14 heavy (non-hydrogen) atoms. The van der Waals surface area contributed by atoms with Crippen LogP contribution in [0.25, 0.3) is 0 Å². The third-order valence-electron chi connectivity index (χ3n) is 1.86. The van der Waals surface area contributed by atoms with Gasteiger partial charge >= 0.3 is 0 Å². The lowest BCUT2D eigenvalue weighted by molar-refractivity contribution is 0.208. The first-order valence-electron chi connectivity index (χ1n) is 4.39. The van der Waals surface area contributed by atoms with Gasteiger partial charge in [-0.25, -0.2) is 8.78 Å². The Bertz CT molecular complexity index is 326. The first-order chi connectivity index (χ1) is 6.52. The Morgan fingerprint density at radius 2 is 2.07 bits per heavy atom. The van der Waals surface area contributed by atoms with Gasteiger partial charge in [0.15, 0.2) is 5.82 Å². The molecule has 1 aromatic rings. The molecule has 0 saturated heterocycles. The summed E-state index contributed by atoms with van der Waals surface area (Å²) in [6.07, 6.45) is -0.644. The summed E-state index contributed by atoms with van der Waals surface area (Å²) in [5.74, 6) is -1.25. The fourth-order valence-corrected chi connectivity index (χ4v) is 1.07. The van der Waals surface area contributed by atoms with Gasteiger partial charge in [0, 0.05) is 6.54 Å². The molecule has 0 aromatic heterocycles. The van der Waals surface area contributed by atoms with Gasteiger partial charge in [-0.1, -0.05) is 6.07 Å². The number of aliphatic hydroxyl groups is 1. The minimum absolute atomic E-state index is 0.122. The molecule has 2 N–H and O–H groups in total. The van der Waals surface area contributed by atoms with Crippen molar-refractivity contribution in [1.29, 1.82) is 0 Å². The lowest BCUT2D eigenvalue weighted by atomic mass is 10.2. The summed E-state index contributed by atoms with van der Waals surface area (Å²) in [5, 5.41) is 11.5. The van der Waals surface area contributed by atoms with Crippen molar-refractivity contribution in [2.75, 3.05) is 11.9 Å². The largest absolute Gasteiger partial charge is 0.392 e. The molecule has 2 nitrogen and oxygen atoms in total. The number of aliphatic hydroxyl groups excluding tert-OH is 1. The van der Waals surface area contributed by atoms with E-state index in [4.69, 9.17) is 5.11 Å². The van der Waals surface area contributed by atoms with E-state index in [1.807, 2.05) is 0 Å². The number of benzene rings is 1. The third kappa shape index (κ3) is 2.42. The van der Waals surface area contributed by atoms with E-state index in [9.17, 15) is 8.78 Å². The molecule has 0 aliphatic carbocycles. The van der Waals surface area contributed by atoms with Gasteiger partial charge in [0.25, 0.3) is 0 Å². The second-order valence-electron chi connectivity index (χ2n) is 3.28. The Kier molecular flexibility index (Phi) is 3.41. The first kappa shape index (κ1) is 10.9. The maximum Gasteiger partial charge on any atom is 0.152 e. The van der Waals surface area contributed by atoms with Gasteiger partial charge in [-0.2, -0.15) is 0 Å². The molecule has 1 unspecified atom stereocenters. The second kappa shape index (κ2) is 4.37. The van der Waals surface area contributed by atoms with Crippen LogP contribution in [0.2, 0.25) is 0 Å². The van der Waals surface area contributed by atoms with E-state index in [1.165, 1.54) is 12.1 Å². The zero-order chi connectivity index (χ0) is 10.7.